The second-order valence-corrected chi connectivity index (χ2v) is 3.30. The smallest absolute Gasteiger partial charge is 0.129 e. The van der Waals surface area contributed by atoms with E-state index < -0.39 is 0 Å². The van der Waals surface area contributed by atoms with Gasteiger partial charge in [0, 0.05) is 12.7 Å². The normalized spacial score (nSPS) is 10.4. The number of rotatable bonds is 2. The van der Waals surface area contributed by atoms with Crippen LogP contribution in [0.3, 0.4) is 0 Å². The van der Waals surface area contributed by atoms with E-state index in [1.165, 1.54) is 5.56 Å². The molecule has 2 heteroatoms. The molecule has 0 aliphatic rings. The third-order valence-corrected chi connectivity index (χ3v) is 1.92. The van der Waals surface area contributed by atoms with Gasteiger partial charge in [-0.1, -0.05) is 19.9 Å². The number of hydrogen-bond donors (Lipinski definition) is 1. The van der Waals surface area contributed by atoms with Gasteiger partial charge in [-0.3, -0.25) is 0 Å². The summed E-state index contributed by atoms with van der Waals surface area (Å²) in [6.45, 7) is 6.35. The maximum Gasteiger partial charge on any atom is 0.129 e. The number of pyridine rings is 1. The van der Waals surface area contributed by atoms with Gasteiger partial charge >= 0.3 is 0 Å². The van der Waals surface area contributed by atoms with E-state index in [1.54, 1.807) is 0 Å². The number of hydrogen-bond acceptors (Lipinski definition) is 2. The summed E-state index contributed by atoms with van der Waals surface area (Å²) in [5.41, 5.74) is 2.34. The van der Waals surface area contributed by atoms with Crippen molar-refractivity contribution in [1.82, 2.24) is 4.98 Å². The molecule has 1 heterocycles. The molecule has 1 aromatic heterocycles. The summed E-state index contributed by atoms with van der Waals surface area (Å²) in [7, 11) is 1.91. The van der Waals surface area contributed by atoms with Crippen molar-refractivity contribution in [2.75, 3.05) is 12.4 Å². The molecular formula is C10H16N2. The number of nitrogens with one attached hydrogen (secondary N) is 1. The Bertz CT molecular complexity index is 267. The molecule has 0 atom stereocenters. The van der Waals surface area contributed by atoms with E-state index in [0.29, 0.717) is 5.92 Å². The Morgan fingerprint density at radius 1 is 1.33 bits per heavy atom. The van der Waals surface area contributed by atoms with Crippen LogP contribution in [0.5, 0.6) is 0 Å². The molecule has 2 nitrogen and oxygen atoms in total. The Morgan fingerprint density at radius 3 is 2.50 bits per heavy atom. The minimum absolute atomic E-state index is 0.528. The van der Waals surface area contributed by atoms with E-state index in [-0.39, 0.29) is 0 Å². The Labute approximate surface area is 74.0 Å². The standard InChI is InChI=1S/C10H16N2/c1-7(2)9-6-5-8(3)12-10(9)11-4/h5-7H,1-4H3,(H,11,12). The first kappa shape index (κ1) is 9.04. The molecule has 0 fully saturated rings. The number of anilines is 1. The van der Waals surface area contributed by atoms with Crippen LogP contribution in [0, 0.1) is 6.92 Å². The third kappa shape index (κ3) is 1.76. The Hall–Kier alpha value is -1.05. The summed E-state index contributed by atoms with van der Waals surface area (Å²) in [6.07, 6.45) is 0. The fraction of sp³-hybridized carbons (Fsp3) is 0.500. The van der Waals surface area contributed by atoms with Gasteiger partial charge in [0.05, 0.1) is 0 Å². The van der Waals surface area contributed by atoms with Gasteiger partial charge in [-0.2, -0.15) is 0 Å². The number of nitrogens with zero attached hydrogens (tertiary/aromatic N) is 1. The van der Waals surface area contributed by atoms with Crippen LogP contribution in [-0.2, 0) is 0 Å². The molecular weight excluding hydrogens is 148 g/mol. The zero-order chi connectivity index (χ0) is 9.14. The van der Waals surface area contributed by atoms with Crippen LogP contribution in [-0.4, -0.2) is 12.0 Å². The van der Waals surface area contributed by atoms with Crippen molar-refractivity contribution in [3.8, 4) is 0 Å². The van der Waals surface area contributed by atoms with Crippen LogP contribution in [0.1, 0.15) is 31.0 Å². The predicted molar refractivity (Wildman–Crippen MR) is 52.6 cm³/mol. The first-order chi connectivity index (χ1) is 5.65. The first-order valence-corrected chi connectivity index (χ1v) is 4.30. The molecule has 12 heavy (non-hydrogen) atoms. The lowest BCUT2D eigenvalue weighted by molar-refractivity contribution is 0.858. The van der Waals surface area contributed by atoms with Gasteiger partial charge in [-0.15, -0.1) is 0 Å². The van der Waals surface area contributed by atoms with Crippen LogP contribution in [0.15, 0.2) is 12.1 Å². The Morgan fingerprint density at radius 2 is 2.00 bits per heavy atom. The van der Waals surface area contributed by atoms with Crippen LogP contribution in [0.25, 0.3) is 0 Å². The van der Waals surface area contributed by atoms with Crippen LogP contribution in [0.4, 0.5) is 5.82 Å². The fourth-order valence-electron chi connectivity index (χ4n) is 1.23. The maximum atomic E-state index is 4.40. The monoisotopic (exact) mass is 164 g/mol. The van der Waals surface area contributed by atoms with Gasteiger partial charge in [0.1, 0.15) is 5.82 Å². The van der Waals surface area contributed by atoms with E-state index in [9.17, 15) is 0 Å². The molecule has 0 aliphatic heterocycles. The van der Waals surface area contributed by atoms with Crippen LogP contribution >= 0.6 is 0 Å². The van der Waals surface area contributed by atoms with Gasteiger partial charge in [0.25, 0.3) is 0 Å². The minimum Gasteiger partial charge on any atom is -0.373 e. The van der Waals surface area contributed by atoms with E-state index >= 15 is 0 Å². The summed E-state index contributed by atoms with van der Waals surface area (Å²) < 4.78 is 0. The fourth-order valence-corrected chi connectivity index (χ4v) is 1.23. The van der Waals surface area contributed by atoms with E-state index in [0.717, 1.165) is 11.5 Å². The van der Waals surface area contributed by atoms with Crippen molar-refractivity contribution < 1.29 is 0 Å². The van der Waals surface area contributed by atoms with Crippen molar-refractivity contribution in [3.63, 3.8) is 0 Å². The lowest BCUT2D eigenvalue weighted by atomic mass is 10.0. The highest BCUT2D eigenvalue weighted by Gasteiger charge is 2.05. The highest BCUT2D eigenvalue weighted by molar-refractivity contribution is 5.46. The SMILES string of the molecule is CNc1nc(C)ccc1C(C)C. The molecule has 0 spiro atoms. The molecule has 0 aliphatic carbocycles. The summed E-state index contributed by atoms with van der Waals surface area (Å²) in [4.78, 5) is 4.40. The molecule has 0 saturated heterocycles. The topological polar surface area (TPSA) is 24.9 Å². The Kier molecular flexibility index (Phi) is 2.69. The lowest BCUT2D eigenvalue weighted by Crippen LogP contribution is -2.01. The summed E-state index contributed by atoms with van der Waals surface area (Å²) >= 11 is 0. The second kappa shape index (κ2) is 3.57. The average Bonchev–Trinajstić information content (AvgIpc) is 2.03. The number of aryl methyl sites for hydroxylation is 1. The van der Waals surface area contributed by atoms with E-state index in [2.05, 4.69) is 36.3 Å². The molecule has 0 saturated carbocycles. The highest BCUT2D eigenvalue weighted by Crippen LogP contribution is 2.21. The van der Waals surface area contributed by atoms with Crippen molar-refractivity contribution >= 4 is 5.82 Å². The summed E-state index contributed by atoms with van der Waals surface area (Å²) in [6, 6.07) is 4.19. The molecule has 1 N–H and O–H groups in total. The van der Waals surface area contributed by atoms with Gasteiger partial charge in [-0.05, 0) is 24.5 Å². The van der Waals surface area contributed by atoms with E-state index in [4.69, 9.17) is 0 Å². The number of aromatic nitrogens is 1. The third-order valence-electron chi connectivity index (χ3n) is 1.92. The molecule has 0 unspecified atom stereocenters. The Balaban J connectivity index is 3.11. The largest absolute Gasteiger partial charge is 0.373 e. The van der Waals surface area contributed by atoms with Crippen LogP contribution < -0.4 is 5.32 Å². The van der Waals surface area contributed by atoms with Crippen molar-refractivity contribution in [3.05, 3.63) is 23.4 Å². The highest BCUT2D eigenvalue weighted by atomic mass is 15.0. The van der Waals surface area contributed by atoms with Gasteiger partial charge in [0.15, 0.2) is 0 Å². The molecule has 0 aromatic carbocycles. The first-order valence-electron chi connectivity index (χ1n) is 4.30. The molecule has 0 radical (unpaired) electrons. The second-order valence-electron chi connectivity index (χ2n) is 3.30. The predicted octanol–water partition coefficient (Wildman–Crippen LogP) is 2.56. The summed E-state index contributed by atoms with van der Waals surface area (Å²) in [5, 5.41) is 3.11. The quantitative estimate of drug-likeness (QED) is 0.726. The molecule has 66 valence electrons. The molecule has 0 amide bonds. The summed E-state index contributed by atoms with van der Waals surface area (Å²) in [5.74, 6) is 1.53. The zero-order valence-electron chi connectivity index (χ0n) is 8.18. The minimum atomic E-state index is 0.528. The molecule has 0 bridgehead atoms. The maximum absolute atomic E-state index is 4.40. The van der Waals surface area contributed by atoms with E-state index in [1.807, 2.05) is 14.0 Å². The van der Waals surface area contributed by atoms with Gasteiger partial charge in [-0.25, -0.2) is 4.98 Å². The van der Waals surface area contributed by atoms with Gasteiger partial charge in [0.2, 0.25) is 0 Å². The van der Waals surface area contributed by atoms with Crippen LogP contribution in [0.2, 0.25) is 0 Å². The van der Waals surface area contributed by atoms with Crippen molar-refractivity contribution in [1.29, 1.82) is 0 Å². The van der Waals surface area contributed by atoms with Crippen molar-refractivity contribution in [2.24, 2.45) is 0 Å². The van der Waals surface area contributed by atoms with Gasteiger partial charge < -0.3 is 5.32 Å². The molecule has 1 aromatic rings. The zero-order valence-corrected chi connectivity index (χ0v) is 8.18. The lowest BCUT2D eigenvalue weighted by Gasteiger charge is -2.11. The van der Waals surface area contributed by atoms with Crippen molar-refractivity contribution in [2.45, 2.75) is 26.7 Å². The molecule has 1 rings (SSSR count). The average molecular weight is 164 g/mol.